The molecule has 0 bridgehead atoms. The summed E-state index contributed by atoms with van der Waals surface area (Å²) in [5, 5.41) is 7.22. The molecular weight excluding hydrogens is 324 g/mol. The number of carbonyl (C=O) groups is 1. The molecule has 2 saturated heterocycles. The van der Waals surface area contributed by atoms with Crippen LogP contribution in [0.2, 0.25) is 5.02 Å². The van der Waals surface area contributed by atoms with Crippen molar-refractivity contribution in [1.82, 2.24) is 15.5 Å². The minimum absolute atomic E-state index is 0.146. The van der Waals surface area contributed by atoms with Crippen LogP contribution < -0.4 is 10.6 Å². The number of benzene rings is 1. The third kappa shape index (κ3) is 4.19. The SMILES string of the molecule is O=C([C@@H]1C[C@H](NCc2ccc(Cl)cc2)CN1)N1CCC(F)(F)C1. The fourth-order valence-corrected chi connectivity index (χ4v) is 3.21. The lowest BCUT2D eigenvalue weighted by molar-refractivity contribution is -0.133. The van der Waals surface area contributed by atoms with Gasteiger partial charge in [0.25, 0.3) is 5.92 Å². The van der Waals surface area contributed by atoms with E-state index < -0.39 is 12.5 Å². The van der Waals surface area contributed by atoms with Gasteiger partial charge in [0.05, 0.1) is 12.6 Å². The van der Waals surface area contributed by atoms with Gasteiger partial charge in [0.1, 0.15) is 0 Å². The van der Waals surface area contributed by atoms with E-state index in [9.17, 15) is 13.6 Å². The van der Waals surface area contributed by atoms with E-state index in [0.717, 1.165) is 5.56 Å². The molecule has 0 aliphatic carbocycles. The molecule has 0 spiro atoms. The molecule has 1 aromatic rings. The van der Waals surface area contributed by atoms with Gasteiger partial charge >= 0.3 is 0 Å². The molecule has 126 valence electrons. The van der Waals surface area contributed by atoms with Crippen molar-refractivity contribution in [3.05, 3.63) is 34.9 Å². The van der Waals surface area contributed by atoms with Crippen molar-refractivity contribution in [2.45, 2.75) is 37.4 Å². The Morgan fingerprint density at radius 1 is 1.39 bits per heavy atom. The molecule has 2 atom stereocenters. The van der Waals surface area contributed by atoms with Gasteiger partial charge in [-0.25, -0.2) is 8.78 Å². The fraction of sp³-hybridized carbons (Fsp3) is 0.562. The van der Waals surface area contributed by atoms with Crippen molar-refractivity contribution < 1.29 is 13.6 Å². The molecular formula is C16H20ClF2N3O. The molecule has 0 saturated carbocycles. The Morgan fingerprint density at radius 3 is 2.78 bits per heavy atom. The third-order valence-corrected chi connectivity index (χ3v) is 4.67. The largest absolute Gasteiger partial charge is 0.335 e. The molecule has 2 N–H and O–H groups in total. The van der Waals surface area contributed by atoms with Crippen molar-refractivity contribution in [2.24, 2.45) is 0 Å². The molecule has 0 radical (unpaired) electrons. The number of nitrogens with one attached hydrogen (secondary N) is 2. The smallest absolute Gasteiger partial charge is 0.267 e. The lowest BCUT2D eigenvalue weighted by Gasteiger charge is -2.20. The molecule has 2 aliphatic rings. The van der Waals surface area contributed by atoms with Crippen LogP contribution in [0.5, 0.6) is 0 Å². The van der Waals surface area contributed by atoms with Crippen LogP contribution in [0.25, 0.3) is 0 Å². The lowest BCUT2D eigenvalue weighted by Crippen LogP contribution is -2.43. The van der Waals surface area contributed by atoms with E-state index in [1.54, 1.807) is 0 Å². The molecule has 7 heteroatoms. The molecule has 0 aromatic heterocycles. The Labute approximate surface area is 139 Å². The second kappa shape index (κ2) is 6.71. The zero-order chi connectivity index (χ0) is 16.4. The quantitative estimate of drug-likeness (QED) is 0.879. The molecule has 4 nitrogen and oxygen atoms in total. The Balaban J connectivity index is 1.47. The molecule has 2 heterocycles. The number of rotatable bonds is 4. The van der Waals surface area contributed by atoms with Crippen LogP contribution >= 0.6 is 11.6 Å². The Bertz CT molecular complexity index is 567. The Kier molecular flexibility index (Phi) is 4.85. The van der Waals surface area contributed by atoms with E-state index in [1.807, 2.05) is 24.3 Å². The number of nitrogens with zero attached hydrogens (tertiary/aromatic N) is 1. The summed E-state index contributed by atoms with van der Waals surface area (Å²) < 4.78 is 26.4. The Morgan fingerprint density at radius 2 is 2.13 bits per heavy atom. The fourth-order valence-electron chi connectivity index (χ4n) is 3.09. The normalized spacial score (nSPS) is 26.7. The summed E-state index contributed by atoms with van der Waals surface area (Å²) in [5.41, 5.74) is 1.11. The minimum atomic E-state index is -2.74. The first-order chi connectivity index (χ1) is 10.9. The predicted molar refractivity (Wildman–Crippen MR) is 84.6 cm³/mol. The second-order valence-electron chi connectivity index (χ2n) is 6.27. The van der Waals surface area contributed by atoms with Gasteiger partial charge in [-0.15, -0.1) is 0 Å². The third-order valence-electron chi connectivity index (χ3n) is 4.42. The van der Waals surface area contributed by atoms with Crippen molar-refractivity contribution in [1.29, 1.82) is 0 Å². The number of amides is 1. The van der Waals surface area contributed by atoms with Crippen LogP contribution in [0.15, 0.2) is 24.3 Å². The topological polar surface area (TPSA) is 44.4 Å². The van der Waals surface area contributed by atoms with Crippen LogP contribution in [0.3, 0.4) is 0 Å². The molecule has 1 aromatic carbocycles. The van der Waals surface area contributed by atoms with E-state index in [-0.39, 0.29) is 31.0 Å². The van der Waals surface area contributed by atoms with Crippen LogP contribution in [0.1, 0.15) is 18.4 Å². The van der Waals surface area contributed by atoms with Crippen LogP contribution in [0.4, 0.5) is 8.78 Å². The van der Waals surface area contributed by atoms with Gasteiger partial charge in [0.2, 0.25) is 5.91 Å². The summed E-state index contributed by atoms with van der Waals surface area (Å²) in [6.45, 7) is 1.04. The van der Waals surface area contributed by atoms with Crippen LogP contribution in [-0.2, 0) is 11.3 Å². The maximum atomic E-state index is 13.2. The number of carbonyl (C=O) groups excluding carboxylic acids is 1. The highest BCUT2D eigenvalue weighted by Crippen LogP contribution is 2.27. The maximum Gasteiger partial charge on any atom is 0.267 e. The summed E-state index contributed by atoms with van der Waals surface area (Å²) in [5.74, 6) is -2.95. The second-order valence-corrected chi connectivity index (χ2v) is 6.70. The molecule has 1 amide bonds. The molecule has 23 heavy (non-hydrogen) atoms. The number of alkyl halides is 2. The first kappa shape index (κ1) is 16.6. The van der Waals surface area contributed by atoms with Gasteiger partial charge in [-0.05, 0) is 24.1 Å². The zero-order valence-corrected chi connectivity index (χ0v) is 13.5. The summed E-state index contributed by atoms with van der Waals surface area (Å²) >= 11 is 5.85. The van der Waals surface area contributed by atoms with Gasteiger partial charge < -0.3 is 15.5 Å². The first-order valence-electron chi connectivity index (χ1n) is 7.81. The molecule has 0 unspecified atom stereocenters. The highest BCUT2D eigenvalue weighted by atomic mass is 35.5. The van der Waals surface area contributed by atoms with Crippen molar-refractivity contribution in [3.63, 3.8) is 0 Å². The average Bonchev–Trinajstić information content (AvgIpc) is 3.12. The maximum absolute atomic E-state index is 13.2. The number of hydrogen-bond acceptors (Lipinski definition) is 3. The van der Waals surface area contributed by atoms with Gasteiger partial charge in [-0.3, -0.25) is 4.79 Å². The predicted octanol–water partition coefficient (Wildman–Crippen LogP) is 2.03. The molecule has 2 aliphatic heterocycles. The number of halogens is 3. The van der Waals surface area contributed by atoms with Crippen LogP contribution in [0, 0.1) is 0 Å². The van der Waals surface area contributed by atoms with E-state index in [1.165, 1.54) is 4.90 Å². The number of hydrogen-bond donors (Lipinski definition) is 2. The van der Waals surface area contributed by atoms with Gasteiger partial charge in [0, 0.05) is 37.1 Å². The minimum Gasteiger partial charge on any atom is -0.335 e. The molecule has 2 fully saturated rings. The van der Waals surface area contributed by atoms with Gasteiger partial charge in [-0.1, -0.05) is 23.7 Å². The average molecular weight is 344 g/mol. The Hall–Kier alpha value is -1.24. The molecule has 3 rings (SSSR count). The van der Waals surface area contributed by atoms with Crippen molar-refractivity contribution >= 4 is 17.5 Å². The highest BCUT2D eigenvalue weighted by Gasteiger charge is 2.43. The number of likely N-dealkylation sites (tertiary alicyclic amines) is 1. The first-order valence-corrected chi connectivity index (χ1v) is 8.19. The zero-order valence-electron chi connectivity index (χ0n) is 12.7. The summed E-state index contributed by atoms with van der Waals surface area (Å²) in [4.78, 5) is 13.6. The van der Waals surface area contributed by atoms with Crippen LogP contribution in [-0.4, -0.2) is 48.4 Å². The summed E-state index contributed by atoms with van der Waals surface area (Å²) in [7, 11) is 0. The summed E-state index contributed by atoms with van der Waals surface area (Å²) in [6, 6.07) is 7.37. The lowest BCUT2D eigenvalue weighted by atomic mass is 10.1. The van der Waals surface area contributed by atoms with E-state index in [0.29, 0.717) is 24.5 Å². The monoisotopic (exact) mass is 343 g/mol. The summed E-state index contributed by atoms with van der Waals surface area (Å²) in [6.07, 6.45) is 0.387. The highest BCUT2D eigenvalue weighted by molar-refractivity contribution is 6.30. The van der Waals surface area contributed by atoms with E-state index in [4.69, 9.17) is 11.6 Å². The van der Waals surface area contributed by atoms with Crippen molar-refractivity contribution in [2.75, 3.05) is 19.6 Å². The van der Waals surface area contributed by atoms with Gasteiger partial charge in [0.15, 0.2) is 0 Å². The van der Waals surface area contributed by atoms with Gasteiger partial charge in [-0.2, -0.15) is 0 Å². The van der Waals surface area contributed by atoms with E-state index in [2.05, 4.69) is 10.6 Å². The standard InChI is InChI=1S/C16H20ClF2N3O/c17-12-3-1-11(2-4-12)8-20-13-7-14(21-9-13)15(23)22-6-5-16(18,19)10-22/h1-4,13-14,20-21H,5-10H2/t13-,14-/m0/s1. The van der Waals surface area contributed by atoms with Crippen molar-refractivity contribution in [3.8, 4) is 0 Å². The van der Waals surface area contributed by atoms with E-state index >= 15 is 0 Å².